The lowest BCUT2D eigenvalue weighted by atomic mass is 10.1. The molecule has 1 unspecified atom stereocenters. The molecule has 20 heavy (non-hydrogen) atoms. The van der Waals surface area contributed by atoms with Gasteiger partial charge in [0.15, 0.2) is 6.10 Å². The fourth-order valence-electron chi connectivity index (χ4n) is 1.27. The maximum atomic E-state index is 11.8. The van der Waals surface area contributed by atoms with Gasteiger partial charge in [0.2, 0.25) is 0 Å². The lowest BCUT2D eigenvalue weighted by Crippen LogP contribution is -2.48. The van der Waals surface area contributed by atoms with Crippen LogP contribution >= 0.6 is 35.6 Å². The maximum Gasteiger partial charge on any atom is 0.260 e. The molecule has 114 valence electrons. The fraction of sp³-hybridized carbons (Fsp3) is 0.462. The summed E-state index contributed by atoms with van der Waals surface area (Å²) in [6.07, 6.45) is -0.639. The Balaban J connectivity index is 0.00000361. The Bertz CT molecular complexity index is 461. The standard InChI is InChI=1S/C13H18Cl2N2O2.ClH/c1-8(12(18)17-7-13(2,3)16)19-9-4-5-10(14)11(15)6-9;/h4-6,8H,7,16H2,1-3H3,(H,17,18);1H. The number of rotatable bonds is 5. The van der Waals surface area contributed by atoms with E-state index in [1.807, 2.05) is 13.8 Å². The molecule has 1 atom stereocenters. The van der Waals surface area contributed by atoms with Gasteiger partial charge in [-0.3, -0.25) is 4.79 Å². The molecule has 3 N–H and O–H groups in total. The summed E-state index contributed by atoms with van der Waals surface area (Å²) < 4.78 is 5.48. The van der Waals surface area contributed by atoms with E-state index < -0.39 is 11.6 Å². The van der Waals surface area contributed by atoms with Gasteiger partial charge in [0, 0.05) is 18.2 Å². The number of amides is 1. The van der Waals surface area contributed by atoms with Crippen molar-refractivity contribution in [3.8, 4) is 5.75 Å². The van der Waals surface area contributed by atoms with Crippen molar-refractivity contribution in [1.82, 2.24) is 5.32 Å². The second kappa shape index (κ2) is 7.93. The van der Waals surface area contributed by atoms with Crippen molar-refractivity contribution >= 4 is 41.5 Å². The molecule has 1 rings (SSSR count). The number of nitrogens with two attached hydrogens (primary N) is 1. The number of carbonyl (C=O) groups excluding carboxylic acids is 1. The second-order valence-electron chi connectivity index (χ2n) is 5.04. The molecule has 0 spiro atoms. The molecular formula is C13H19Cl3N2O2. The molecule has 0 heterocycles. The van der Waals surface area contributed by atoms with Crippen LogP contribution in [0.2, 0.25) is 10.0 Å². The molecule has 0 aliphatic rings. The van der Waals surface area contributed by atoms with Crippen LogP contribution < -0.4 is 15.8 Å². The molecule has 1 aromatic carbocycles. The highest BCUT2D eigenvalue weighted by Gasteiger charge is 2.18. The Kier molecular flexibility index (Phi) is 7.66. The van der Waals surface area contributed by atoms with Gasteiger partial charge in [0.05, 0.1) is 10.0 Å². The molecule has 7 heteroatoms. The quantitative estimate of drug-likeness (QED) is 0.865. The average molecular weight is 342 g/mol. The highest BCUT2D eigenvalue weighted by Crippen LogP contribution is 2.26. The summed E-state index contributed by atoms with van der Waals surface area (Å²) in [5.41, 5.74) is 5.33. The summed E-state index contributed by atoms with van der Waals surface area (Å²) in [5.74, 6) is 0.258. The van der Waals surface area contributed by atoms with Crippen LogP contribution in [0.15, 0.2) is 18.2 Å². The highest BCUT2D eigenvalue weighted by atomic mass is 35.5. The number of benzene rings is 1. The first-order chi connectivity index (χ1) is 8.69. The van der Waals surface area contributed by atoms with Gasteiger partial charge in [-0.1, -0.05) is 23.2 Å². The second-order valence-corrected chi connectivity index (χ2v) is 5.86. The maximum absolute atomic E-state index is 11.8. The smallest absolute Gasteiger partial charge is 0.260 e. The van der Waals surface area contributed by atoms with Crippen LogP contribution in [-0.4, -0.2) is 24.1 Å². The molecule has 0 saturated heterocycles. The first-order valence-electron chi connectivity index (χ1n) is 5.87. The predicted octanol–water partition coefficient (Wildman–Crippen LogP) is 3.04. The van der Waals surface area contributed by atoms with Crippen LogP contribution in [0, 0.1) is 0 Å². The third-order valence-corrected chi connectivity index (χ3v) is 3.03. The topological polar surface area (TPSA) is 64.3 Å². The minimum absolute atomic E-state index is 0. The Morgan fingerprint density at radius 3 is 2.50 bits per heavy atom. The molecule has 1 aromatic rings. The molecule has 4 nitrogen and oxygen atoms in total. The number of halogens is 3. The zero-order valence-corrected chi connectivity index (χ0v) is 13.9. The van der Waals surface area contributed by atoms with Gasteiger partial charge in [0.1, 0.15) is 5.75 Å². The molecule has 0 radical (unpaired) electrons. The number of nitrogens with one attached hydrogen (secondary N) is 1. The summed E-state index contributed by atoms with van der Waals surface area (Å²) >= 11 is 11.7. The van der Waals surface area contributed by atoms with Crippen molar-refractivity contribution in [2.45, 2.75) is 32.4 Å². The van der Waals surface area contributed by atoms with Gasteiger partial charge in [-0.15, -0.1) is 12.4 Å². The Hall–Kier alpha value is -0.680. The van der Waals surface area contributed by atoms with E-state index in [9.17, 15) is 4.79 Å². The Morgan fingerprint density at radius 1 is 1.40 bits per heavy atom. The number of ether oxygens (including phenoxy) is 1. The van der Waals surface area contributed by atoms with E-state index in [4.69, 9.17) is 33.7 Å². The zero-order valence-electron chi connectivity index (χ0n) is 11.6. The number of hydrogen-bond donors (Lipinski definition) is 2. The van der Waals surface area contributed by atoms with E-state index in [2.05, 4.69) is 5.32 Å². The Labute approximate surface area is 135 Å². The minimum atomic E-state index is -0.639. The van der Waals surface area contributed by atoms with Crippen molar-refractivity contribution in [2.75, 3.05) is 6.54 Å². The van der Waals surface area contributed by atoms with Crippen molar-refractivity contribution in [3.63, 3.8) is 0 Å². The van der Waals surface area contributed by atoms with Crippen molar-refractivity contribution < 1.29 is 9.53 Å². The molecule has 0 saturated carbocycles. The summed E-state index contributed by atoms with van der Waals surface area (Å²) in [5, 5.41) is 3.55. The molecule has 0 aromatic heterocycles. The van der Waals surface area contributed by atoms with Gasteiger partial charge in [-0.25, -0.2) is 0 Å². The molecule has 0 fully saturated rings. The van der Waals surface area contributed by atoms with E-state index in [1.54, 1.807) is 25.1 Å². The SMILES string of the molecule is CC(Oc1ccc(Cl)c(Cl)c1)C(=O)NCC(C)(C)N.Cl. The highest BCUT2D eigenvalue weighted by molar-refractivity contribution is 6.42. The Morgan fingerprint density at radius 2 is 2.00 bits per heavy atom. The summed E-state index contributed by atoms with van der Waals surface area (Å²) in [6.45, 7) is 5.69. The van der Waals surface area contributed by atoms with Crippen LogP contribution in [0.4, 0.5) is 0 Å². The van der Waals surface area contributed by atoms with Gasteiger partial charge in [-0.2, -0.15) is 0 Å². The number of hydrogen-bond acceptors (Lipinski definition) is 3. The summed E-state index contributed by atoms with van der Waals surface area (Å²) in [6, 6.07) is 4.85. The van der Waals surface area contributed by atoms with Crippen molar-refractivity contribution in [2.24, 2.45) is 5.73 Å². The van der Waals surface area contributed by atoms with Crippen LogP contribution in [-0.2, 0) is 4.79 Å². The first-order valence-corrected chi connectivity index (χ1v) is 6.63. The lowest BCUT2D eigenvalue weighted by Gasteiger charge is -2.21. The third kappa shape index (κ3) is 6.66. The normalized spacial score (nSPS) is 12.3. The van der Waals surface area contributed by atoms with E-state index >= 15 is 0 Å². The third-order valence-electron chi connectivity index (χ3n) is 2.29. The van der Waals surface area contributed by atoms with Gasteiger partial charge in [-0.05, 0) is 32.9 Å². The fourth-order valence-corrected chi connectivity index (χ4v) is 1.55. The van der Waals surface area contributed by atoms with Crippen LogP contribution in [0.3, 0.4) is 0 Å². The van der Waals surface area contributed by atoms with Gasteiger partial charge < -0.3 is 15.8 Å². The van der Waals surface area contributed by atoms with Crippen molar-refractivity contribution in [1.29, 1.82) is 0 Å². The summed E-state index contributed by atoms with van der Waals surface area (Å²) in [7, 11) is 0. The molecule has 0 bridgehead atoms. The van der Waals surface area contributed by atoms with E-state index in [-0.39, 0.29) is 18.3 Å². The largest absolute Gasteiger partial charge is 0.481 e. The molecule has 0 aliphatic carbocycles. The molecular weight excluding hydrogens is 323 g/mol. The van der Waals surface area contributed by atoms with Gasteiger partial charge >= 0.3 is 0 Å². The van der Waals surface area contributed by atoms with Crippen molar-refractivity contribution in [3.05, 3.63) is 28.2 Å². The van der Waals surface area contributed by atoms with E-state index in [0.717, 1.165) is 0 Å². The molecule has 0 aliphatic heterocycles. The molecule has 1 amide bonds. The van der Waals surface area contributed by atoms with Crippen LogP contribution in [0.5, 0.6) is 5.75 Å². The van der Waals surface area contributed by atoms with Crippen LogP contribution in [0.25, 0.3) is 0 Å². The van der Waals surface area contributed by atoms with E-state index in [1.165, 1.54) is 0 Å². The summed E-state index contributed by atoms with van der Waals surface area (Å²) in [4.78, 5) is 11.8. The lowest BCUT2D eigenvalue weighted by molar-refractivity contribution is -0.127. The van der Waals surface area contributed by atoms with Crippen LogP contribution in [0.1, 0.15) is 20.8 Å². The minimum Gasteiger partial charge on any atom is -0.481 e. The number of carbonyl (C=O) groups is 1. The predicted molar refractivity (Wildman–Crippen MR) is 85.1 cm³/mol. The van der Waals surface area contributed by atoms with Gasteiger partial charge in [0.25, 0.3) is 5.91 Å². The van der Waals surface area contributed by atoms with E-state index in [0.29, 0.717) is 22.3 Å². The zero-order chi connectivity index (χ0) is 14.6. The monoisotopic (exact) mass is 340 g/mol. The first kappa shape index (κ1) is 19.3. The average Bonchev–Trinajstić information content (AvgIpc) is 2.29.